The Labute approximate surface area is 324 Å². The molecule has 0 saturated heterocycles. The Morgan fingerprint density at radius 3 is 0.821 bits per heavy atom. The molecule has 0 aliphatic rings. The third-order valence-electron chi connectivity index (χ3n) is 11.1. The van der Waals surface area contributed by atoms with E-state index in [4.69, 9.17) is 8.83 Å². The Balaban J connectivity index is 0.940. The van der Waals surface area contributed by atoms with Crippen LogP contribution < -0.4 is 0 Å². The standard InChI is InChI=1S/C54H34O2/c1-3-11-35(12-4-1)37-15-7-17-39(29-37)41-19-9-21-43(31-41)45-23-27-51-49(33-45)47-25-26-48-50-34-46(24-28-52(50)56-54(48)53(47)55-51)44-22-10-20-42(32-44)40-18-8-16-38(30-40)36-13-5-2-6-14-36/h1-34H. The number of hydrogen-bond acceptors (Lipinski definition) is 2. The van der Waals surface area contributed by atoms with Gasteiger partial charge in [0.25, 0.3) is 0 Å². The highest BCUT2D eigenvalue weighted by Gasteiger charge is 2.17. The quantitative estimate of drug-likeness (QED) is 0.171. The van der Waals surface area contributed by atoms with E-state index in [9.17, 15) is 0 Å². The van der Waals surface area contributed by atoms with E-state index >= 15 is 0 Å². The second kappa shape index (κ2) is 13.2. The monoisotopic (exact) mass is 714 g/mol. The summed E-state index contributed by atoms with van der Waals surface area (Å²) in [5.41, 5.74) is 17.5. The van der Waals surface area contributed by atoms with E-state index in [0.29, 0.717) is 0 Å². The molecule has 0 unspecified atom stereocenters. The van der Waals surface area contributed by atoms with E-state index in [-0.39, 0.29) is 0 Å². The van der Waals surface area contributed by atoms with Gasteiger partial charge in [0.1, 0.15) is 11.2 Å². The topological polar surface area (TPSA) is 26.3 Å². The second-order valence-electron chi connectivity index (χ2n) is 14.5. The molecular formula is C54H34O2. The van der Waals surface area contributed by atoms with E-state index in [0.717, 1.165) is 66.1 Å². The van der Waals surface area contributed by atoms with Crippen molar-refractivity contribution in [2.24, 2.45) is 0 Å². The lowest BCUT2D eigenvalue weighted by atomic mass is 9.95. The van der Waals surface area contributed by atoms with Gasteiger partial charge < -0.3 is 8.83 Å². The lowest BCUT2D eigenvalue weighted by Crippen LogP contribution is -1.83. The van der Waals surface area contributed by atoms with Crippen molar-refractivity contribution in [2.45, 2.75) is 0 Å². The normalized spacial score (nSPS) is 11.6. The summed E-state index contributed by atoms with van der Waals surface area (Å²) in [5, 5.41) is 4.24. The molecule has 9 aromatic carbocycles. The van der Waals surface area contributed by atoms with E-state index in [2.05, 4.69) is 206 Å². The third-order valence-corrected chi connectivity index (χ3v) is 11.1. The van der Waals surface area contributed by atoms with Gasteiger partial charge in [-0.15, -0.1) is 0 Å². The van der Waals surface area contributed by atoms with Crippen LogP contribution in [-0.4, -0.2) is 0 Å². The average Bonchev–Trinajstić information content (AvgIpc) is 3.85. The van der Waals surface area contributed by atoms with Crippen LogP contribution in [0.1, 0.15) is 0 Å². The highest BCUT2D eigenvalue weighted by molar-refractivity contribution is 6.19. The summed E-state index contributed by atoms with van der Waals surface area (Å²) in [6.07, 6.45) is 0. The first kappa shape index (κ1) is 32.0. The Kier molecular flexibility index (Phi) is 7.53. The predicted molar refractivity (Wildman–Crippen MR) is 234 cm³/mol. The second-order valence-corrected chi connectivity index (χ2v) is 14.5. The molecule has 2 heteroatoms. The molecule has 0 spiro atoms. The zero-order valence-corrected chi connectivity index (χ0v) is 30.4. The van der Waals surface area contributed by atoms with Gasteiger partial charge in [0.2, 0.25) is 0 Å². The molecule has 11 aromatic rings. The maximum absolute atomic E-state index is 6.56. The van der Waals surface area contributed by atoms with Crippen LogP contribution in [0.25, 0.3) is 111 Å². The summed E-state index contributed by atoms with van der Waals surface area (Å²) in [7, 11) is 0. The molecule has 0 N–H and O–H groups in total. The molecule has 2 aromatic heterocycles. The molecule has 0 amide bonds. The molecule has 0 fully saturated rings. The highest BCUT2D eigenvalue weighted by Crippen LogP contribution is 2.41. The minimum absolute atomic E-state index is 0.777. The summed E-state index contributed by atoms with van der Waals surface area (Å²) in [4.78, 5) is 0. The summed E-state index contributed by atoms with van der Waals surface area (Å²) < 4.78 is 13.1. The van der Waals surface area contributed by atoms with Crippen molar-refractivity contribution in [3.05, 3.63) is 206 Å². The zero-order valence-electron chi connectivity index (χ0n) is 30.4. The van der Waals surface area contributed by atoms with Gasteiger partial charge in [0.05, 0.1) is 0 Å². The van der Waals surface area contributed by atoms with Crippen molar-refractivity contribution in [1.82, 2.24) is 0 Å². The maximum atomic E-state index is 6.56. The van der Waals surface area contributed by atoms with Crippen LogP contribution in [-0.2, 0) is 0 Å². The lowest BCUT2D eigenvalue weighted by molar-refractivity contribution is 0.633. The van der Waals surface area contributed by atoms with Gasteiger partial charge in [0, 0.05) is 21.5 Å². The van der Waals surface area contributed by atoms with Gasteiger partial charge in [-0.25, -0.2) is 0 Å². The van der Waals surface area contributed by atoms with Crippen LogP contribution in [0, 0.1) is 0 Å². The van der Waals surface area contributed by atoms with Gasteiger partial charge >= 0.3 is 0 Å². The van der Waals surface area contributed by atoms with Crippen LogP contribution in [0.2, 0.25) is 0 Å². The molecule has 262 valence electrons. The predicted octanol–water partition coefficient (Wildman–Crippen LogP) is 15.5. The van der Waals surface area contributed by atoms with Crippen molar-refractivity contribution < 1.29 is 8.83 Å². The molecular weight excluding hydrogens is 681 g/mol. The molecule has 2 nitrogen and oxygen atoms in total. The van der Waals surface area contributed by atoms with Crippen molar-refractivity contribution in [2.75, 3.05) is 0 Å². The average molecular weight is 715 g/mol. The summed E-state index contributed by atoms with van der Waals surface area (Å²) in [6.45, 7) is 0. The molecule has 0 aliphatic carbocycles. The van der Waals surface area contributed by atoms with Crippen LogP contribution in [0.4, 0.5) is 0 Å². The van der Waals surface area contributed by atoms with Crippen molar-refractivity contribution >= 4 is 43.9 Å². The van der Waals surface area contributed by atoms with E-state index < -0.39 is 0 Å². The van der Waals surface area contributed by atoms with Crippen LogP contribution in [0.15, 0.2) is 215 Å². The summed E-state index contributed by atoms with van der Waals surface area (Å²) >= 11 is 0. The number of hydrogen-bond donors (Lipinski definition) is 0. The van der Waals surface area contributed by atoms with Crippen molar-refractivity contribution in [3.63, 3.8) is 0 Å². The summed E-state index contributed by atoms with van der Waals surface area (Å²) in [6, 6.07) is 73.5. The van der Waals surface area contributed by atoms with Gasteiger partial charge in [-0.3, -0.25) is 0 Å². The molecule has 11 rings (SSSR count). The zero-order chi connectivity index (χ0) is 37.0. The number of fused-ring (bicyclic) bond motifs is 7. The van der Waals surface area contributed by atoms with E-state index in [1.54, 1.807) is 0 Å². The number of benzene rings is 9. The van der Waals surface area contributed by atoms with Crippen LogP contribution in [0.5, 0.6) is 0 Å². The number of rotatable bonds is 6. The minimum Gasteiger partial charge on any atom is -0.452 e. The molecule has 0 saturated carbocycles. The third kappa shape index (κ3) is 5.59. The first-order chi connectivity index (χ1) is 27.7. The molecule has 2 heterocycles. The number of furan rings is 2. The first-order valence-electron chi connectivity index (χ1n) is 19.1. The van der Waals surface area contributed by atoms with Gasteiger partial charge in [-0.05, 0) is 127 Å². The van der Waals surface area contributed by atoms with Gasteiger partial charge in [-0.1, -0.05) is 146 Å². The Hall–Kier alpha value is -7.42. The van der Waals surface area contributed by atoms with Crippen molar-refractivity contribution in [3.8, 4) is 66.8 Å². The Bertz CT molecular complexity index is 3020. The maximum Gasteiger partial charge on any atom is 0.178 e. The first-order valence-corrected chi connectivity index (χ1v) is 19.1. The fraction of sp³-hybridized carbons (Fsp3) is 0. The Morgan fingerprint density at radius 2 is 0.482 bits per heavy atom. The Morgan fingerprint density at radius 1 is 0.196 bits per heavy atom. The minimum atomic E-state index is 0.777. The fourth-order valence-electron chi connectivity index (χ4n) is 8.20. The smallest absolute Gasteiger partial charge is 0.178 e. The largest absolute Gasteiger partial charge is 0.452 e. The van der Waals surface area contributed by atoms with E-state index in [1.165, 1.54) is 44.5 Å². The molecule has 0 aliphatic heterocycles. The molecule has 0 atom stereocenters. The molecule has 0 radical (unpaired) electrons. The van der Waals surface area contributed by atoms with Crippen molar-refractivity contribution in [1.29, 1.82) is 0 Å². The van der Waals surface area contributed by atoms with Crippen LogP contribution >= 0.6 is 0 Å². The van der Waals surface area contributed by atoms with E-state index in [1.807, 2.05) is 0 Å². The highest BCUT2D eigenvalue weighted by atomic mass is 16.4. The van der Waals surface area contributed by atoms with Gasteiger partial charge in [0.15, 0.2) is 11.2 Å². The molecule has 56 heavy (non-hydrogen) atoms. The molecule has 0 bridgehead atoms. The summed E-state index contributed by atoms with van der Waals surface area (Å²) in [5.74, 6) is 0. The van der Waals surface area contributed by atoms with Crippen LogP contribution in [0.3, 0.4) is 0 Å². The lowest BCUT2D eigenvalue weighted by Gasteiger charge is -2.09. The fourth-order valence-corrected chi connectivity index (χ4v) is 8.20. The SMILES string of the molecule is c1ccc(-c2cccc(-c3cccc(-c4ccc5oc6c(ccc7c8cc(-c9cccc(-c%10cccc(-c%11ccccc%11)c%10)c9)ccc8oc76)c5c4)c3)c2)cc1. The van der Waals surface area contributed by atoms with Gasteiger partial charge in [-0.2, -0.15) is 0 Å².